The maximum absolute atomic E-state index is 13.5. The van der Waals surface area contributed by atoms with Gasteiger partial charge in [-0.25, -0.2) is 0 Å². The van der Waals surface area contributed by atoms with E-state index in [2.05, 4.69) is 22.0 Å². The van der Waals surface area contributed by atoms with Crippen molar-refractivity contribution in [2.45, 2.75) is 39.5 Å². The molecule has 1 aromatic heterocycles. The van der Waals surface area contributed by atoms with Crippen LogP contribution in [0.5, 0.6) is 0 Å². The van der Waals surface area contributed by atoms with Gasteiger partial charge in [-0.05, 0) is 46.8 Å². The largest absolute Gasteiger partial charge is 0.384 e. The Morgan fingerprint density at radius 1 is 1.36 bits per heavy atom. The summed E-state index contributed by atoms with van der Waals surface area (Å²) < 4.78 is 0.907. The molecule has 1 unspecified atom stereocenters. The highest BCUT2D eigenvalue weighted by Gasteiger charge is 2.45. The Morgan fingerprint density at radius 2 is 2.06 bits per heavy atom. The number of thiophene rings is 1. The van der Waals surface area contributed by atoms with Crippen molar-refractivity contribution in [3.8, 4) is 6.07 Å². The molecule has 0 fully saturated rings. The first kappa shape index (κ1) is 23.5. The van der Waals surface area contributed by atoms with Crippen molar-refractivity contribution in [1.82, 2.24) is 0 Å². The standard InChI is InChI=1S/C23H20BrClN4O3S/c1-11-14(24)7-19(33-11)20-13(10-26)22(27)28(16-5-4-12(29(31)32)6-15(16)25)17-8-23(2,3)9-18(30)21(17)20/h4-7,20H,8-9,27H2,1-3H3. The van der Waals surface area contributed by atoms with Crippen LogP contribution in [-0.2, 0) is 4.79 Å². The Balaban J connectivity index is 2.00. The molecule has 0 radical (unpaired) electrons. The number of allylic oxidation sites excluding steroid dienone is 3. The Labute approximate surface area is 208 Å². The van der Waals surface area contributed by atoms with Gasteiger partial charge in [-0.2, -0.15) is 5.26 Å². The Bertz CT molecular complexity index is 1300. The number of ketones is 1. The lowest BCUT2D eigenvalue weighted by Crippen LogP contribution is -2.42. The number of anilines is 1. The Hall–Kier alpha value is -2.67. The number of hydrogen-bond donors (Lipinski definition) is 1. The summed E-state index contributed by atoms with van der Waals surface area (Å²) in [7, 11) is 0. The quantitative estimate of drug-likeness (QED) is 0.355. The molecule has 2 N–H and O–H groups in total. The first-order valence-electron chi connectivity index (χ1n) is 10.1. The van der Waals surface area contributed by atoms with E-state index in [-0.39, 0.29) is 33.3 Å². The van der Waals surface area contributed by atoms with Crippen molar-refractivity contribution < 1.29 is 9.72 Å². The predicted octanol–water partition coefficient (Wildman–Crippen LogP) is 6.32. The molecule has 10 heteroatoms. The minimum atomic E-state index is -0.573. The number of hydrogen-bond acceptors (Lipinski definition) is 7. The number of nitro groups is 1. The molecule has 1 aliphatic heterocycles. The SMILES string of the molecule is Cc1sc(C2C(C#N)=C(N)N(c3ccc([N+](=O)[O-])cc3Cl)C3=C2C(=O)CC(C)(C)C3)cc1Br. The molecule has 4 rings (SSSR count). The fourth-order valence-electron chi connectivity index (χ4n) is 4.48. The number of aryl methyl sites for hydroxylation is 1. The van der Waals surface area contributed by atoms with Crippen LogP contribution in [0.25, 0.3) is 0 Å². The highest BCUT2D eigenvalue weighted by Crippen LogP contribution is 2.52. The summed E-state index contributed by atoms with van der Waals surface area (Å²) in [4.78, 5) is 27.7. The van der Waals surface area contributed by atoms with Crippen LogP contribution in [0.2, 0.25) is 5.02 Å². The number of carbonyl (C=O) groups is 1. The average molecular weight is 548 g/mol. The van der Waals surface area contributed by atoms with Crippen LogP contribution in [0.15, 0.2) is 51.4 Å². The highest BCUT2D eigenvalue weighted by atomic mass is 79.9. The lowest BCUT2D eigenvalue weighted by atomic mass is 9.69. The van der Waals surface area contributed by atoms with E-state index in [0.717, 1.165) is 14.2 Å². The summed E-state index contributed by atoms with van der Waals surface area (Å²) in [5, 5.41) is 21.4. The van der Waals surface area contributed by atoms with Gasteiger partial charge < -0.3 is 5.73 Å². The van der Waals surface area contributed by atoms with Crippen LogP contribution >= 0.6 is 38.9 Å². The van der Waals surface area contributed by atoms with Crippen LogP contribution in [0.4, 0.5) is 11.4 Å². The van der Waals surface area contributed by atoms with Crippen molar-refractivity contribution in [2.24, 2.45) is 11.1 Å². The van der Waals surface area contributed by atoms with E-state index in [1.54, 1.807) is 4.90 Å². The lowest BCUT2D eigenvalue weighted by Gasteiger charge is -2.43. The molecule has 0 spiro atoms. The second kappa shape index (κ2) is 8.28. The van der Waals surface area contributed by atoms with Crippen molar-refractivity contribution in [2.75, 3.05) is 4.90 Å². The number of non-ortho nitro benzene ring substituents is 1. The van der Waals surface area contributed by atoms with Crippen molar-refractivity contribution >= 4 is 56.0 Å². The molecule has 33 heavy (non-hydrogen) atoms. The number of nitro benzene ring substituents is 1. The molecular weight excluding hydrogens is 528 g/mol. The molecule has 2 aliphatic rings. The third-order valence-electron chi connectivity index (χ3n) is 5.92. The van der Waals surface area contributed by atoms with E-state index in [0.29, 0.717) is 29.8 Å². The number of nitrogens with two attached hydrogens (primary N) is 1. The summed E-state index contributed by atoms with van der Waals surface area (Å²) in [5.41, 5.74) is 7.95. The first-order chi connectivity index (χ1) is 15.4. The summed E-state index contributed by atoms with van der Waals surface area (Å²) in [6, 6.07) is 8.24. The fourth-order valence-corrected chi connectivity index (χ4v) is 6.42. The van der Waals surface area contributed by atoms with Crippen LogP contribution in [0.3, 0.4) is 0 Å². The van der Waals surface area contributed by atoms with E-state index in [1.807, 2.05) is 26.8 Å². The predicted molar refractivity (Wildman–Crippen MR) is 132 cm³/mol. The lowest BCUT2D eigenvalue weighted by molar-refractivity contribution is -0.384. The van der Waals surface area contributed by atoms with Crippen molar-refractivity contribution in [3.63, 3.8) is 0 Å². The van der Waals surface area contributed by atoms with Crippen LogP contribution in [0.1, 0.15) is 42.4 Å². The summed E-state index contributed by atoms with van der Waals surface area (Å²) in [6.07, 6.45) is 0.872. The summed E-state index contributed by atoms with van der Waals surface area (Å²) in [6.45, 7) is 5.97. The van der Waals surface area contributed by atoms with Gasteiger partial charge in [0.15, 0.2) is 5.78 Å². The van der Waals surface area contributed by atoms with E-state index in [4.69, 9.17) is 17.3 Å². The fraction of sp³-hybridized carbons (Fsp3) is 0.304. The summed E-state index contributed by atoms with van der Waals surface area (Å²) in [5.74, 6) is -0.446. The van der Waals surface area contributed by atoms with Crippen molar-refractivity contribution in [3.05, 3.63) is 76.3 Å². The molecule has 7 nitrogen and oxygen atoms in total. The van der Waals surface area contributed by atoms with Crippen LogP contribution in [0, 0.1) is 33.8 Å². The van der Waals surface area contributed by atoms with Gasteiger partial charge in [0.1, 0.15) is 5.82 Å². The molecule has 2 heterocycles. The number of Topliss-reactive ketones (excluding diaryl/α,β-unsaturated/α-hetero) is 1. The Kier molecular flexibility index (Phi) is 5.89. The number of nitrogens with zero attached hydrogens (tertiary/aromatic N) is 3. The number of benzene rings is 1. The molecule has 1 aromatic carbocycles. The van der Waals surface area contributed by atoms with E-state index < -0.39 is 10.8 Å². The summed E-state index contributed by atoms with van der Waals surface area (Å²) >= 11 is 11.5. The molecule has 1 aliphatic carbocycles. The molecular formula is C23H20BrClN4O3S. The minimum absolute atomic E-state index is 0.0447. The van der Waals surface area contributed by atoms with Gasteiger partial charge in [-0.1, -0.05) is 25.4 Å². The van der Waals surface area contributed by atoms with Gasteiger partial charge in [0, 0.05) is 44.1 Å². The van der Waals surface area contributed by atoms with Gasteiger partial charge in [0.05, 0.1) is 33.2 Å². The second-order valence-corrected chi connectivity index (χ2v) is 11.5. The number of rotatable bonds is 3. The third-order valence-corrected chi connectivity index (χ3v) is 8.43. The maximum Gasteiger partial charge on any atom is 0.271 e. The number of halogens is 2. The monoisotopic (exact) mass is 546 g/mol. The highest BCUT2D eigenvalue weighted by molar-refractivity contribution is 9.10. The zero-order chi connectivity index (χ0) is 24.2. The Morgan fingerprint density at radius 3 is 2.61 bits per heavy atom. The normalized spacial score (nSPS) is 20.1. The third kappa shape index (κ3) is 3.97. The van der Waals surface area contributed by atoms with E-state index in [9.17, 15) is 20.2 Å². The zero-order valence-electron chi connectivity index (χ0n) is 18.1. The first-order valence-corrected chi connectivity index (χ1v) is 12.1. The van der Waals surface area contributed by atoms with Crippen molar-refractivity contribution in [1.29, 1.82) is 5.26 Å². The molecule has 0 saturated heterocycles. The molecule has 0 bridgehead atoms. The molecule has 0 saturated carbocycles. The number of nitriles is 1. The molecule has 0 amide bonds. The smallest absolute Gasteiger partial charge is 0.271 e. The van der Waals surface area contributed by atoms with Gasteiger partial charge in [0.2, 0.25) is 0 Å². The topological polar surface area (TPSA) is 113 Å². The van der Waals surface area contributed by atoms with Crippen LogP contribution < -0.4 is 10.6 Å². The molecule has 1 atom stereocenters. The molecule has 170 valence electrons. The molecule has 2 aromatic rings. The van der Waals surface area contributed by atoms with Gasteiger partial charge in [-0.3, -0.25) is 19.8 Å². The second-order valence-electron chi connectivity index (χ2n) is 8.93. The van der Waals surface area contributed by atoms with Crippen LogP contribution in [-0.4, -0.2) is 10.7 Å². The van der Waals surface area contributed by atoms with Gasteiger partial charge >= 0.3 is 0 Å². The average Bonchev–Trinajstić information content (AvgIpc) is 3.05. The van der Waals surface area contributed by atoms with E-state index in [1.165, 1.54) is 29.5 Å². The number of carbonyl (C=O) groups excluding carboxylic acids is 1. The maximum atomic E-state index is 13.5. The zero-order valence-corrected chi connectivity index (χ0v) is 21.3. The minimum Gasteiger partial charge on any atom is -0.384 e. The van der Waals surface area contributed by atoms with Gasteiger partial charge in [-0.15, -0.1) is 11.3 Å². The van der Waals surface area contributed by atoms with E-state index >= 15 is 0 Å². The van der Waals surface area contributed by atoms with Gasteiger partial charge in [0.25, 0.3) is 5.69 Å².